The summed E-state index contributed by atoms with van der Waals surface area (Å²) in [7, 11) is 0. The van der Waals surface area contributed by atoms with Crippen LogP contribution in [0.4, 0.5) is 0 Å². The molecule has 0 radical (unpaired) electrons. The normalized spacial score (nSPS) is 15.8. The molecule has 1 aromatic carbocycles. The number of halogens is 1. The number of hydrogen-bond donors (Lipinski definition) is 1. The standard InChI is InChI=1S/C17H15ClN2O4/c18-12-3-4-13-11(7-12)8-14(24-13)16(22)23-9-15(21)20-17(10-19)5-1-2-6-17/h3-4,7-8H,1-2,5-6,9H2,(H,20,21). The molecule has 1 aliphatic carbocycles. The molecule has 1 aliphatic rings. The van der Waals surface area contributed by atoms with Gasteiger partial charge in [-0.3, -0.25) is 4.79 Å². The molecule has 1 aromatic heterocycles. The molecule has 2 aromatic rings. The van der Waals surface area contributed by atoms with Gasteiger partial charge < -0.3 is 14.5 Å². The SMILES string of the molecule is N#CC1(NC(=O)COC(=O)c2cc3cc(Cl)ccc3o2)CCCC1. The Morgan fingerprint density at radius 2 is 2.08 bits per heavy atom. The molecule has 1 heterocycles. The molecule has 0 spiro atoms. The Kier molecular flexibility index (Phi) is 4.45. The highest BCUT2D eigenvalue weighted by atomic mass is 35.5. The van der Waals surface area contributed by atoms with E-state index in [1.807, 2.05) is 0 Å². The zero-order chi connectivity index (χ0) is 17.2. The smallest absolute Gasteiger partial charge is 0.374 e. The zero-order valence-corrected chi connectivity index (χ0v) is 13.6. The second-order valence-corrected chi connectivity index (χ2v) is 6.25. The van der Waals surface area contributed by atoms with Crippen molar-refractivity contribution in [3.8, 4) is 6.07 Å². The number of nitriles is 1. The minimum absolute atomic E-state index is 0.00377. The number of carbonyl (C=O) groups is 2. The minimum atomic E-state index is -0.834. The van der Waals surface area contributed by atoms with Gasteiger partial charge in [-0.2, -0.15) is 5.26 Å². The molecule has 0 unspecified atom stereocenters. The summed E-state index contributed by atoms with van der Waals surface area (Å²) in [6.07, 6.45) is 3.03. The first kappa shape index (κ1) is 16.3. The highest BCUT2D eigenvalue weighted by Gasteiger charge is 2.35. The third-order valence-corrected chi connectivity index (χ3v) is 4.30. The van der Waals surface area contributed by atoms with Crippen molar-refractivity contribution in [2.45, 2.75) is 31.2 Å². The van der Waals surface area contributed by atoms with E-state index in [0.29, 0.717) is 28.8 Å². The lowest BCUT2D eigenvalue weighted by molar-refractivity contribution is -0.125. The van der Waals surface area contributed by atoms with Crippen molar-refractivity contribution in [2.75, 3.05) is 6.61 Å². The van der Waals surface area contributed by atoms with Crippen LogP contribution < -0.4 is 5.32 Å². The maximum Gasteiger partial charge on any atom is 0.374 e. The molecule has 0 saturated heterocycles. The summed E-state index contributed by atoms with van der Waals surface area (Å²) < 4.78 is 10.3. The summed E-state index contributed by atoms with van der Waals surface area (Å²) in [4.78, 5) is 23.9. The first-order chi connectivity index (χ1) is 11.5. The fraction of sp³-hybridized carbons (Fsp3) is 0.353. The number of hydrogen-bond acceptors (Lipinski definition) is 5. The Morgan fingerprint density at radius 3 is 2.79 bits per heavy atom. The molecule has 24 heavy (non-hydrogen) atoms. The fourth-order valence-corrected chi connectivity index (χ4v) is 3.04. The third-order valence-electron chi connectivity index (χ3n) is 4.06. The molecule has 1 N–H and O–H groups in total. The van der Waals surface area contributed by atoms with Crippen molar-refractivity contribution < 1.29 is 18.7 Å². The van der Waals surface area contributed by atoms with Gasteiger partial charge >= 0.3 is 5.97 Å². The molecular formula is C17H15ClN2O4. The van der Waals surface area contributed by atoms with E-state index in [2.05, 4.69) is 11.4 Å². The Morgan fingerprint density at radius 1 is 1.33 bits per heavy atom. The van der Waals surface area contributed by atoms with Crippen molar-refractivity contribution in [3.63, 3.8) is 0 Å². The van der Waals surface area contributed by atoms with Gasteiger partial charge in [0.25, 0.3) is 5.91 Å². The van der Waals surface area contributed by atoms with Crippen molar-refractivity contribution in [3.05, 3.63) is 35.0 Å². The molecule has 0 atom stereocenters. The quantitative estimate of drug-likeness (QED) is 0.858. The van der Waals surface area contributed by atoms with Crippen LogP contribution in [0.25, 0.3) is 11.0 Å². The number of amides is 1. The zero-order valence-electron chi connectivity index (χ0n) is 12.8. The van der Waals surface area contributed by atoms with E-state index in [1.165, 1.54) is 6.07 Å². The molecule has 124 valence electrons. The predicted molar refractivity (Wildman–Crippen MR) is 86.5 cm³/mol. The topological polar surface area (TPSA) is 92.3 Å². The highest BCUT2D eigenvalue weighted by molar-refractivity contribution is 6.31. The number of ether oxygens (including phenoxy) is 1. The summed E-state index contributed by atoms with van der Waals surface area (Å²) in [5.41, 5.74) is -0.329. The molecule has 1 saturated carbocycles. The van der Waals surface area contributed by atoms with Gasteiger partial charge in [0.1, 0.15) is 11.1 Å². The van der Waals surface area contributed by atoms with E-state index >= 15 is 0 Å². The van der Waals surface area contributed by atoms with Gasteiger partial charge in [0.2, 0.25) is 5.76 Å². The number of esters is 1. The lowest BCUT2D eigenvalue weighted by Gasteiger charge is -2.21. The van der Waals surface area contributed by atoms with Crippen LogP contribution >= 0.6 is 11.6 Å². The Bertz CT molecular complexity index is 831. The van der Waals surface area contributed by atoms with Crippen molar-refractivity contribution in [1.29, 1.82) is 5.26 Å². The molecule has 0 bridgehead atoms. The number of rotatable bonds is 4. The first-order valence-electron chi connectivity index (χ1n) is 7.60. The first-order valence-corrected chi connectivity index (χ1v) is 7.98. The largest absolute Gasteiger partial charge is 0.450 e. The lowest BCUT2D eigenvalue weighted by atomic mass is 10.00. The maximum atomic E-state index is 12.0. The van der Waals surface area contributed by atoms with E-state index in [0.717, 1.165) is 12.8 Å². The van der Waals surface area contributed by atoms with Crippen LogP contribution in [0, 0.1) is 11.3 Å². The second-order valence-electron chi connectivity index (χ2n) is 5.82. The number of nitrogens with zero attached hydrogens (tertiary/aromatic N) is 1. The Hall–Kier alpha value is -2.52. The lowest BCUT2D eigenvalue weighted by Crippen LogP contribution is -2.46. The van der Waals surface area contributed by atoms with Gasteiger partial charge in [0.05, 0.1) is 6.07 Å². The number of nitrogens with one attached hydrogen (secondary N) is 1. The van der Waals surface area contributed by atoms with Crippen LogP contribution in [-0.2, 0) is 9.53 Å². The van der Waals surface area contributed by atoms with Crippen LogP contribution in [0.15, 0.2) is 28.7 Å². The summed E-state index contributed by atoms with van der Waals surface area (Å²) in [6.45, 7) is -0.458. The van der Waals surface area contributed by atoms with Gasteiger partial charge in [-0.05, 0) is 49.9 Å². The average Bonchev–Trinajstić information content (AvgIpc) is 3.19. The monoisotopic (exact) mass is 346 g/mol. The third kappa shape index (κ3) is 3.36. The highest BCUT2D eigenvalue weighted by Crippen LogP contribution is 2.28. The van der Waals surface area contributed by atoms with E-state index in [1.54, 1.807) is 18.2 Å². The number of carbonyl (C=O) groups excluding carboxylic acids is 2. The number of benzene rings is 1. The number of furan rings is 1. The van der Waals surface area contributed by atoms with E-state index in [9.17, 15) is 14.9 Å². The van der Waals surface area contributed by atoms with Crippen molar-refractivity contribution >= 4 is 34.4 Å². The summed E-state index contributed by atoms with van der Waals surface area (Å²) in [5.74, 6) is -1.24. The molecule has 7 heteroatoms. The number of fused-ring (bicyclic) bond motifs is 1. The second kappa shape index (κ2) is 6.54. The van der Waals surface area contributed by atoms with Gasteiger partial charge in [-0.25, -0.2) is 4.79 Å². The van der Waals surface area contributed by atoms with E-state index in [4.69, 9.17) is 20.8 Å². The molecule has 6 nitrogen and oxygen atoms in total. The van der Waals surface area contributed by atoms with Crippen LogP contribution in [0.5, 0.6) is 0 Å². The summed E-state index contributed by atoms with van der Waals surface area (Å²) in [6, 6.07) is 8.63. The minimum Gasteiger partial charge on any atom is -0.450 e. The van der Waals surface area contributed by atoms with Crippen LogP contribution in [0.3, 0.4) is 0 Å². The van der Waals surface area contributed by atoms with Crippen molar-refractivity contribution in [1.82, 2.24) is 5.32 Å². The van der Waals surface area contributed by atoms with E-state index < -0.39 is 24.0 Å². The Balaban J connectivity index is 1.60. The van der Waals surface area contributed by atoms with Crippen LogP contribution in [0.2, 0.25) is 5.02 Å². The molecule has 3 rings (SSSR count). The average molecular weight is 347 g/mol. The molecule has 1 amide bonds. The Labute approximate surface area is 143 Å². The van der Waals surface area contributed by atoms with Gasteiger partial charge in [0.15, 0.2) is 6.61 Å². The fourth-order valence-electron chi connectivity index (χ4n) is 2.86. The van der Waals surface area contributed by atoms with Crippen LogP contribution in [-0.4, -0.2) is 24.0 Å². The predicted octanol–water partition coefficient (Wildman–Crippen LogP) is 3.20. The van der Waals surface area contributed by atoms with Gasteiger partial charge in [0, 0.05) is 10.4 Å². The van der Waals surface area contributed by atoms with Gasteiger partial charge in [-0.1, -0.05) is 11.6 Å². The molecule has 1 fully saturated rings. The maximum absolute atomic E-state index is 12.0. The molecule has 0 aliphatic heterocycles. The van der Waals surface area contributed by atoms with Crippen LogP contribution in [0.1, 0.15) is 36.2 Å². The summed E-state index contributed by atoms with van der Waals surface area (Å²) in [5, 5.41) is 13.1. The van der Waals surface area contributed by atoms with Crippen molar-refractivity contribution in [2.24, 2.45) is 0 Å². The van der Waals surface area contributed by atoms with E-state index in [-0.39, 0.29) is 5.76 Å². The van der Waals surface area contributed by atoms with Gasteiger partial charge in [-0.15, -0.1) is 0 Å². The molecular weight excluding hydrogens is 332 g/mol. The summed E-state index contributed by atoms with van der Waals surface area (Å²) >= 11 is 5.88.